The van der Waals surface area contributed by atoms with Crippen LogP contribution in [0.15, 0.2) is 30.3 Å². The number of hydrogen-bond acceptors (Lipinski definition) is 2. The van der Waals surface area contributed by atoms with Gasteiger partial charge in [-0.1, -0.05) is 39.0 Å². The molecule has 0 bridgehead atoms. The van der Waals surface area contributed by atoms with Gasteiger partial charge in [0.1, 0.15) is 0 Å². The average molecular weight is 222 g/mol. The summed E-state index contributed by atoms with van der Waals surface area (Å²) >= 11 is 0. The van der Waals surface area contributed by atoms with E-state index in [-0.39, 0.29) is 5.91 Å². The molecule has 0 aliphatic heterocycles. The lowest BCUT2D eigenvalue weighted by molar-refractivity contribution is -0.117. The van der Waals surface area contributed by atoms with Crippen molar-refractivity contribution >= 4 is 11.6 Å². The van der Waals surface area contributed by atoms with Crippen molar-refractivity contribution in [2.75, 3.05) is 5.32 Å². The molecule has 1 atom stereocenters. The van der Waals surface area contributed by atoms with Crippen LogP contribution in [0.5, 0.6) is 0 Å². The van der Waals surface area contributed by atoms with Crippen molar-refractivity contribution in [2.45, 2.75) is 33.7 Å². The molecular weight excluding hydrogens is 200 g/mol. The van der Waals surface area contributed by atoms with E-state index in [4.69, 9.17) is 5.73 Å². The number of hydrogen-bond donors (Lipinski definition) is 2. The maximum Gasteiger partial charge on any atom is 0.240 e. The quantitative estimate of drug-likeness (QED) is 0.808. The highest BCUT2D eigenvalue weighted by molar-refractivity contribution is 5.94. The van der Waals surface area contributed by atoms with Crippen LogP contribution >= 0.6 is 0 Å². The fraction of sp³-hybridized carbons (Fsp3) is 0.462. The topological polar surface area (TPSA) is 55.1 Å². The Bertz CT molecular complexity index is 291. The molecule has 3 nitrogen and oxygen atoms in total. The van der Waals surface area contributed by atoms with Crippen LogP contribution in [0.3, 0.4) is 0 Å². The van der Waals surface area contributed by atoms with Crippen LogP contribution in [0.2, 0.25) is 0 Å². The van der Waals surface area contributed by atoms with Crippen LogP contribution in [-0.4, -0.2) is 11.9 Å². The van der Waals surface area contributed by atoms with E-state index in [0.29, 0.717) is 0 Å². The van der Waals surface area contributed by atoms with Gasteiger partial charge in [0, 0.05) is 5.69 Å². The average Bonchev–Trinajstić information content (AvgIpc) is 2.18. The lowest BCUT2D eigenvalue weighted by atomic mass is 10.3. The maximum atomic E-state index is 11.1. The number of benzene rings is 1. The first-order valence-electron chi connectivity index (χ1n) is 5.55. The molecule has 16 heavy (non-hydrogen) atoms. The van der Waals surface area contributed by atoms with Gasteiger partial charge in [-0.2, -0.15) is 0 Å². The second-order valence-electron chi connectivity index (χ2n) is 4.38. The summed E-state index contributed by atoms with van der Waals surface area (Å²) in [6, 6.07) is 8.78. The molecule has 1 amide bonds. The Balaban J connectivity index is 0.000000487. The molecule has 0 spiro atoms. The van der Waals surface area contributed by atoms with Crippen LogP contribution in [-0.2, 0) is 4.79 Å². The zero-order valence-corrected chi connectivity index (χ0v) is 10.5. The fourth-order valence-corrected chi connectivity index (χ4v) is 0.778. The van der Waals surface area contributed by atoms with Crippen molar-refractivity contribution in [3.8, 4) is 0 Å². The van der Waals surface area contributed by atoms with E-state index in [1.54, 1.807) is 6.92 Å². The van der Waals surface area contributed by atoms with Crippen LogP contribution in [0.4, 0.5) is 5.69 Å². The molecule has 0 fully saturated rings. The molecular formula is C13H22N2O. The Kier molecular flexibility index (Phi) is 7.21. The minimum Gasteiger partial charge on any atom is -0.325 e. The summed E-state index contributed by atoms with van der Waals surface area (Å²) in [7, 11) is 0. The first-order chi connectivity index (χ1) is 7.43. The number of amides is 1. The molecule has 0 radical (unpaired) electrons. The highest BCUT2D eigenvalue weighted by Gasteiger charge is 2.05. The molecule has 0 unspecified atom stereocenters. The third-order valence-corrected chi connectivity index (χ3v) is 1.45. The van der Waals surface area contributed by atoms with Crippen molar-refractivity contribution in [2.24, 2.45) is 11.7 Å². The summed E-state index contributed by atoms with van der Waals surface area (Å²) in [4.78, 5) is 11.1. The van der Waals surface area contributed by atoms with Crippen LogP contribution in [0, 0.1) is 5.92 Å². The first kappa shape index (κ1) is 14.6. The molecule has 3 heteroatoms. The van der Waals surface area contributed by atoms with Gasteiger partial charge in [0.15, 0.2) is 0 Å². The fourth-order valence-electron chi connectivity index (χ4n) is 0.778. The van der Waals surface area contributed by atoms with E-state index in [2.05, 4.69) is 26.1 Å². The predicted octanol–water partition coefficient (Wildman–Crippen LogP) is 2.63. The van der Waals surface area contributed by atoms with E-state index >= 15 is 0 Å². The lowest BCUT2D eigenvalue weighted by Gasteiger charge is -2.06. The summed E-state index contributed by atoms with van der Waals surface area (Å²) in [5.74, 6) is 0.668. The minimum absolute atomic E-state index is 0.166. The summed E-state index contributed by atoms with van der Waals surface area (Å²) < 4.78 is 0. The molecule has 0 aliphatic rings. The molecule has 0 aliphatic carbocycles. The monoisotopic (exact) mass is 222 g/mol. The molecule has 0 heterocycles. The molecule has 0 aromatic heterocycles. The lowest BCUT2D eigenvalue weighted by Crippen LogP contribution is -2.32. The van der Waals surface area contributed by atoms with Gasteiger partial charge in [-0.25, -0.2) is 0 Å². The number of nitrogens with two attached hydrogens (primary N) is 1. The van der Waals surface area contributed by atoms with Crippen LogP contribution in [0.1, 0.15) is 27.7 Å². The normalized spacial score (nSPS) is 11.4. The third kappa shape index (κ3) is 8.00. The van der Waals surface area contributed by atoms with Crippen molar-refractivity contribution in [3.05, 3.63) is 30.3 Å². The van der Waals surface area contributed by atoms with Gasteiger partial charge in [0.25, 0.3) is 0 Å². The summed E-state index contributed by atoms with van der Waals surface area (Å²) in [5.41, 5.74) is 6.15. The van der Waals surface area contributed by atoms with E-state index in [0.717, 1.165) is 11.6 Å². The Morgan fingerprint density at radius 2 is 1.56 bits per heavy atom. The number of nitrogens with one attached hydrogen (secondary N) is 1. The number of para-hydroxylation sites is 1. The van der Waals surface area contributed by atoms with Gasteiger partial charge in [0.2, 0.25) is 5.91 Å². The molecule has 1 rings (SSSR count). The Morgan fingerprint density at radius 1 is 1.12 bits per heavy atom. The van der Waals surface area contributed by atoms with Crippen LogP contribution < -0.4 is 11.1 Å². The SMILES string of the molecule is CC(C)C.C[C@H](N)C(=O)Nc1ccccc1. The molecule has 0 saturated heterocycles. The number of carbonyl (C=O) groups excluding carboxylic acids is 1. The summed E-state index contributed by atoms with van der Waals surface area (Å²) in [6.45, 7) is 8.15. The molecule has 3 N–H and O–H groups in total. The van der Waals surface area contributed by atoms with E-state index in [9.17, 15) is 4.79 Å². The van der Waals surface area contributed by atoms with Crippen molar-refractivity contribution in [1.29, 1.82) is 0 Å². The predicted molar refractivity (Wildman–Crippen MR) is 69.2 cm³/mol. The summed E-state index contributed by atoms with van der Waals surface area (Å²) in [6.07, 6.45) is 0. The van der Waals surface area contributed by atoms with Gasteiger partial charge in [-0.05, 0) is 25.0 Å². The van der Waals surface area contributed by atoms with Crippen molar-refractivity contribution in [1.82, 2.24) is 0 Å². The second kappa shape index (κ2) is 7.88. The highest BCUT2D eigenvalue weighted by Crippen LogP contribution is 2.04. The minimum atomic E-state index is -0.467. The molecule has 90 valence electrons. The Labute approximate surface area is 98.0 Å². The zero-order valence-electron chi connectivity index (χ0n) is 10.5. The Morgan fingerprint density at radius 3 is 1.94 bits per heavy atom. The van der Waals surface area contributed by atoms with Crippen molar-refractivity contribution in [3.63, 3.8) is 0 Å². The van der Waals surface area contributed by atoms with Gasteiger partial charge in [-0.15, -0.1) is 0 Å². The first-order valence-corrected chi connectivity index (χ1v) is 5.55. The number of anilines is 1. The van der Waals surface area contributed by atoms with Gasteiger partial charge >= 0.3 is 0 Å². The highest BCUT2D eigenvalue weighted by atomic mass is 16.2. The zero-order chi connectivity index (χ0) is 12.6. The van der Waals surface area contributed by atoms with E-state index in [1.807, 2.05) is 30.3 Å². The molecule has 1 aromatic carbocycles. The molecule has 0 saturated carbocycles. The molecule has 1 aromatic rings. The summed E-state index contributed by atoms with van der Waals surface area (Å²) in [5, 5.41) is 2.68. The van der Waals surface area contributed by atoms with Gasteiger partial charge in [-0.3, -0.25) is 4.79 Å². The maximum absolute atomic E-state index is 11.1. The standard InChI is InChI=1S/C9H12N2O.C4H10/c1-7(10)9(12)11-8-5-3-2-4-6-8;1-4(2)3/h2-7H,10H2,1H3,(H,11,12);4H,1-3H3/t7-;/m0./s1. The van der Waals surface area contributed by atoms with Gasteiger partial charge in [0.05, 0.1) is 6.04 Å². The third-order valence-electron chi connectivity index (χ3n) is 1.45. The smallest absolute Gasteiger partial charge is 0.240 e. The van der Waals surface area contributed by atoms with Crippen molar-refractivity contribution < 1.29 is 4.79 Å². The number of carbonyl (C=O) groups is 1. The second-order valence-corrected chi connectivity index (χ2v) is 4.38. The Hall–Kier alpha value is -1.35. The van der Waals surface area contributed by atoms with E-state index < -0.39 is 6.04 Å². The largest absolute Gasteiger partial charge is 0.325 e. The van der Waals surface area contributed by atoms with Gasteiger partial charge < -0.3 is 11.1 Å². The van der Waals surface area contributed by atoms with Crippen LogP contribution in [0.25, 0.3) is 0 Å². The van der Waals surface area contributed by atoms with E-state index in [1.165, 1.54) is 0 Å². The number of rotatable bonds is 2.